The van der Waals surface area contributed by atoms with Crippen molar-refractivity contribution in [2.75, 3.05) is 24.3 Å². The monoisotopic (exact) mass is 208 g/mol. The Labute approximate surface area is 89.1 Å². The van der Waals surface area contributed by atoms with Crippen molar-refractivity contribution in [2.24, 2.45) is 5.92 Å². The maximum atomic E-state index is 5.50. The zero-order valence-corrected chi connectivity index (χ0v) is 8.81. The molecule has 1 saturated heterocycles. The van der Waals surface area contributed by atoms with Crippen LogP contribution >= 0.6 is 0 Å². The van der Waals surface area contributed by atoms with Gasteiger partial charge in [0.1, 0.15) is 5.82 Å². The van der Waals surface area contributed by atoms with E-state index in [2.05, 4.69) is 22.2 Å². The third kappa shape index (κ3) is 2.56. The van der Waals surface area contributed by atoms with Gasteiger partial charge in [0.05, 0.1) is 6.61 Å². The normalized spacial score (nSPS) is 22.6. The Balaban J connectivity index is 1.95. The van der Waals surface area contributed by atoms with E-state index in [4.69, 9.17) is 10.5 Å². The van der Waals surface area contributed by atoms with Gasteiger partial charge in [-0.25, -0.2) is 4.98 Å². The lowest BCUT2D eigenvalue weighted by atomic mass is 10.0. The number of anilines is 2. The van der Waals surface area contributed by atoms with Gasteiger partial charge >= 0.3 is 0 Å². The van der Waals surface area contributed by atoms with Crippen molar-refractivity contribution in [3.8, 4) is 0 Å². The number of rotatable bonds is 3. The molecule has 2 heterocycles. The molecule has 0 saturated carbocycles. The molecule has 1 aromatic rings. The Morgan fingerprint density at radius 2 is 2.53 bits per heavy atom. The molecule has 0 aromatic carbocycles. The molecule has 0 spiro atoms. The van der Waals surface area contributed by atoms with Crippen molar-refractivity contribution >= 4 is 11.8 Å². The first-order chi connectivity index (χ1) is 7.25. The quantitative estimate of drug-likeness (QED) is 0.772. The number of nitrogens with two attached hydrogens (primary N) is 1. The van der Waals surface area contributed by atoms with Gasteiger partial charge in [0.25, 0.3) is 0 Å². The summed E-state index contributed by atoms with van der Waals surface area (Å²) in [4.78, 5) is 7.95. The molecule has 2 unspecified atom stereocenters. The van der Waals surface area contributed by atoms with Gasteiger partial charge in [-0.15, -0.1) is 0 Å². The molecule has 15 heavy (non-hydrogen) atoms. The summed E-state index contributed by atoms with van der Waals surface area (Å²) in [6.45, 7) is 3.83. The first-order valence-electron chi connectivity index (χ1n) is 5.18. The van der Waals surface area contributed by atoms with Crippen LogP contribution in [0, 0.1) is 5.92 Å². The summed E-state index contributed by atoms with van der Waals surface area (Å²) in [5.74, 6) is 1.64. The lowest BCUT2D eigenvalue weighted by Gasteiger charge is -2.19. The molecule has 0 amide bonds. The Morgan fingerprint density at radius 1 is 1.67 bits per heavy atom. The Hall–Kier alpha value is -1.36. The van der Waals surface area contributed by atoms with Crippen LogP contribution in [-0.4, -0.2) is 29.2 Å². The molecule has 2 rings (SSSR count). The molecule has 2 atom stereocenters. The fourth-order valence-electron chi connectivity index (χ4n) is 1.75. The minimum Gasteiger partial charge on any atom is -0.381 e. The van der Waals surface area contributed by atoms with Crippen LogP contribution in [-0.2, 0) is 4.74 Å². The number of ether oxygens (including phenoxy) is 1. The molecular formula is C10H16N4O. The molecule has 0 radical (unpaired) electrons. The van der Waals surface area contributed by atoms with Crippen molar-refractivity contribution in [2.45, 2.75) is 19.4 Å². The highest BCUT2D eigenvalue weighted by Gasteiger charge is 2.22. The Morgan fingerprint density at radius 3 is 3.20 bits per heavy atom. The highest BCUT2D eigenvalue weighted by Crippen LogP contribution is 2.19. The van der Waals surface area contributed by atoms with Gasteiger partial charge in [-0.1, -0.05) is 0 Å². The Bertz CT molecular complexity index is 325. The van der Waals surface area contributed by atoms with Crippen LogP contribution < -0.4 is 11.1 Å². The largest absolute Gasteiger partial charge is 0.381 e. The molecule has 0 bridgehead atoms. The highest BCUT2D eigenvalue weighted by molar-refractivity contribution is 5.38. The number of hydrogen-bond acceptors (Lipinski definition) is 5. The molecule has 5 nitrogen and oxygen atoms in total. The van der Waals surface area contributed by atoms with E-state index in [0.29, 0.717) is 17.9 Å². The van der Waals surface area contributed by atoms with Crippen molar-refractivity contribution in [3.63, 3.8) is 0 Å². The average Bonchev–Trinajstić information content (AvgIpc) is 2.70. The fourth-order valence-corrected chi connectivity index (χ4v) is 1.75. The zero-order chi connectivity index (χ0) is 10.7. The summed E-state index contributed by atoms with van der Waals surface area (Å²) in [6.07, 6.45) is 2.76. The number of nitrogens with one attached hydrogen (secondary N) is 1. The van der Waals surface area contributed by atoms with Gasteiger partial charge in [-0.05, 0) is 19.4 Å². The van der Waals surface area contributed by atoms with Crippen LogP contribution in [0.1, 0.15) is 13.3 Å². The maximum Gasteiger partial charge on any atom is 0.221 e. The van der Waals surface area contributed by atoms with Crippen LogP contribution in [0.4, 0.5) is 11.8 Å². The first-order valence-corrected chi connectivity index (χ1v) is 5.18. The van der Waals surface area contributed by atoms with Crippen molar-refractivity contribution in [1.82, 2.24) is 9.97 Å². The summed E-state index contributed by atoms with van der Waals surface area (Å²) in [6, 6.07) is 2.17. The minimum absolute atomic E-state index is 0.301. The second-order valence-electron chi connectivity index (χ2n) is 3.86. The van der Waals surface area contributed by atoms with Crippen LogP contribution in [0.15, 0.2) is 12.3 Å². The Kier molecular flexibility index (Phi) is 3.01. The molecule has 82 valence electrons. The van der Waals surface area contributed by atoms with Gasteiger partial charge in [0.15, 0.2) is 0 Å². The minimum atomic E-state index is 0.301. The predicted octanol–water partition coefficient (Wildman–Crippen LogP) is 0.896. The van der Waals surface area contributed by atoms with Crippen LogP contribution in [0.3, 0.4) is 0 Å². The van der Waals surface area contributed by atoms with E-state index < -0.39 is 0 Å². The van der Waals surface area contributed by atoms with Gasteiger partial charge in [0, 0.05) is 24.8 Å². The van der Waals surface area contributed by atoms with Crippen LogP contribution in [0.5, 0.6) is 0 Å². The van der Waals surface area contributed by atoms with Crippen molar-refractivity contribution in [3.05, 3.63) is 12.3 Å². The van der Waals surface area contributed by atoms with E-state index in [1.807, 2.05) is 6.07 Å². The van der Waals surface area contributed by atoms with Crippen LogP contribution in [0.2, 0.25) is 0 Å². The number of nitrogens with zero attached hydrogens (tertiary/aromatic N) is 2. The molecule has 3 N–H and O–H groups in total. The third-order valence-corrected chi connectivity index (χ3v) is 2.72. The number of aromatic nitrogens is 2. The SMILES string of the molecule is CC(Nc1ccnc(N)n1)C1CCOC1. The van der Waals surface area contributed by atoms with Crippen molar-refractivity contribution in [1.29, 1.82) is 0 Å². The average molecular weight is 208 g/mol. The van der Waals surface area contributed by atoms with E-state index >= 15 is 0 Å². The molecular weight excluding hydrogens is 192 g/mol. The van der Waals surface area contributed by atoms with E-state index in [-0.39, 0.29) is 0 Å². The summed E-state index contributed by atoms with van der Waals surface area (Å²) in [5, 5.41) is 3.31. The fraction of sp³-hybridized carbons (Fsp3) is 0.600. The van der Waals surface area contributed by atoms with E-state index in [0.717, 1.165) is 25.5 Å². The van der Waals surface area contributed by atoms with E-state index in [1.54, 1.807) is 6.20 Å². The molecule has 1 aromatic heterocycles. The van der Waals surface area contributed by atoms with E-state index in [9.17, 15) is 0 Å². The van der Waals surface area contributed by atoms with Gasteiger partial charge in [-0.2, -0.15) is 4.98 Å². The zero-order valence-electron chi connectivity index (χ0n) is 8.81. The first kappa shape index (κ1) is 10.2. The van der Waals surface area contributed by atoms with Crippen LogP contribution in [0.25, 0.3) is 0 Å². The molecule has 1 aliphatic heterocycles. The summed E-state index contributed by atoms with van der Waals surface area (Å²) < 4.78 is 5.34. The second-order valence-corrected chi connectivity index (χ2v) is 3.86. The molecule has 1 aliphatic rings. The maximum absolute atomic E-state index is 5.50. The van der Waals surface area contributed by atoms with Gasteiger partial charge < -0.3 is 15.8 Å². The number of hydrogen-bond donors (Lipinski definition) is 2. The molecule has 0 aliphatic carbocycles. The lowest BCUT2D eigenvalue weighted by Crippen LogP contribution is -2.26. The lowest BCUT2D eigenvalue weighted by molar-refractivity contribution is 0.183. The highest BCUT2D eigenvalue weighted by atomic mass is 16.5. The van der Waals surface area contributed by atoms with Crippen molar-refractivity contribution < 1.29 is 4.74 Å². The second kappa shape index (κ2) is 4.44. The standard InChI is InChI=1S/C10H16N4O/c1-7(8-3-5-15-6-8)13-9-2-4-12-10(11)14-9/h2,4,7-8H,3,5-6H2,1H3,(H3,11,12,13,14). The third-order valence-electron chi connectivity index (χ3n) is 2.72. The number of nitrogen functional groups attached to an aromatic ring is 1. The summed E-state index contributed by atoms with van der Waals surface area (Å²) in [7, 11) is 0. The van der Waals surface area contributed by atoms with Gasteiger partial charge in [-0.3, -0.25) is 0 Å². The molecule has 1 fully saturated rings. The topological polar surface area (TPSA) is 73.1 Å². The van der Waals surface area contributed by atoms with Gasteiger partial charge in [0.2, 0.25) is 5.95 Å². The smallest absolute Gasteiger partial charge is 0.221 e. The van der Waals surface area contributed by atoms with E-state index in [1.165, 1.54) is 0 Å². The molecule has 5 heteroatoms. The summed E-state index contributed by atoms with van der Waals surface area (Å²) in [5.41, 5.74) is 5.50. The predicted molar refractivity (Wildman–Crippen MR) is 58.5 cm³/mol. The summed E-state index contributed by atoms with van der Waals surface area (Å²) >= 11 is 0.